The zero-order valence-electron chi connectivity index (χ0n) is 18.3. The molecule has 1 fully saturated rings. The molecule has 2 unspecified atom stereocenters. The molecule has 5 rings (SSSR count). The van der Waals surface area contributed by atoms with Gasteiger partial charge >= 0.3 is 5.97 Å². The maximum Gasteiger partial charge on any atom is 0.311 e. The number of aliphatic carboxylic acids is 1. The zero-order valence-corrected chi connectivity index (χ0v) is 19.1. The summed E-state index contributed by atoms with van der Waals surface area (Å²) in [5.74, 6) is -1.28. The second-order valence-corrected chi connectivity index (χ2v) is 9.40. The second-order valence-electron chi connectivity index (χ2n) is 8.99. The first-order valence-corrected chi connectivity index (χ1v) is 11.3. The number of rotatable bonds is 7. The molecule has 0 amide bonds. The number of carboxylic acid groups (broad SMARTS) is 1. The molecule has 0 bridgehead atoms. The number of ether oxygens (including phenoxy) is 1. The molecule has 9 heteroatoms. The molecule has 8 nitrogen and oxygen atoms in total. The van der Waals surface area contributed by atoms with Gasteiger partial charge in [-0.1, -0.05) is 48.9 Å². The van der Waals surface area contributed by atoms with Crippen LogP contribution < -0.4 is 4.74 Å². The van der Waals surface area contributed by atoms with E-state index in [-0.39, 0.29) is 28.8 Å². The molecule has 3 aromatic rings. The largest absolute Gasteiger partial charge is 0.481 e. The zero-order chi connectivity index (χ0) is 24.0. The number of fused-ring (bicyclic) bond motifs is 1. The van der Waals surface area contributed by atoms with Crippen LogP contribution >= 0.6 is 11.6 Å². The van der Waals surface area contributed by atoms with E-state index in [1.165, 1.54) is 0 Å². The fourth-order valence-corrected chi connectivity index (χ4v) is 4.72. The molecular formula is C25H22ClN3O5. The Bertz CT molecular complexity index is 1350. The Hall–Kier alpha value is -3.65. The first kappa shape index (κ1) is 22.2. The molecule has 0 spiro atoms. The standard InChI is InChI=1S/C25H22ClN3O5/c1-14-2-7-17(10-18(14)23(30)31)34-24-27-21-11-19(20(26)12-22(21)28-24)15-3-5-16(6-4-15)25(8-9-25)13-29(32)33/h2-7,10-12,14,18H,8-9,13H2,1H3,(H,27,28)(H,30,31). The third-order valence-corrected chi connectivity index (χ3v) is 6.93. The van der Waals surface area contributed by atoms with Crippen molar-refractivity contribution in [3.8, 4) is 17.1 Å². The molecule has 1 aromatic heterocycles. The lowest BCUT2D eigenvalue weighted by atomic mass is 9.89. The average molecular weight is 480 g/mol. The molecule has 34 heavy (non-hydrogen) atoms. The van der Waals surface area contributed by atoms with Gasteiger partial charge in [-0.15, -0.1) is 0 Å². The van der Waals surface area contributed by atoms with Gasteiger partial charge in [-0.05, 0) is 54.2 Å². The Labute approximate surface area is 200 Å². The summed E-state index contributed by atoms with van der Waals surface area (Å²) in [6, 6.07) is 11.6. The number of benzene rings is 2. The number of imidazole rings is 1. The van der Waals surface area contributed by atoms with E-state index >= 15 is 0 Å². The first-order valence-electron chi connectivity index (χ1n) is 11.0. The Balaban J connectivity index is 1.40. The fraction of sp³-hybridized carbons (Fsp3) is 0.280. The van der Waals surface area contributed by atoms with Crippen LogP contribution in [-0.4, -0.2) is 32.5 Å². The van der Waals surface area contributed by atoms with Crippen molar-refractivity contribution in [1.29, 1.82) is 0 Å². The highest BCUT2D eigenvalue weighted by atomic mass is 35.5. The maximum absolute atomic E-state index is 11.4. The Morgan fingerprint density at radius 2 is 2.06 bits per heavy atom. The lowest BCUT2D eigenvalue weighted by molar-refractivity contribution is -0.485. The molecule has 174 valence electrons. The molecule has 1 heterocycles. The molecule has 0 aliphatic heterocycles. The minimum Gasteiger partial charge on any atom is -0.481 e. The van der Waals surface area contributed by atoms with Crippen molar-refractivity contribution < 1.29 is 19.6 Å². The van der Waals surface area contributed by atoms with E-state index < -0.39 is 11.9 Å². The van der Waals surface area contributed by atoms with Gasteiger partial charge in [0.1, 0.15) is 5.76 Å². The van der Waals surface area contributed by atoms with E-state index in [0.717, 1.165) is 29.5 Å². The molecule has 2 atom stereocenters. The number of carboxylic acids is 1. The van der Waals surface area contributed by atoms with Crippen molar-refractivity contribution in [3.63, 3.8) is 0 Å². The van der Waals surface area contributed by atoms with Gasteiger partial charge in [0, 0.05) is 10.5 Å². The Morgan fingerprint density at radius 3 is 2.71 bits per heavy atom. The third kappa shape index (κ3) is 4.17. The molecule has 2 aliphatic carbocycles. The van der Waals surface area contributed by atoms with Crippen LogP contribution in [0.3, 0.4) is 0 Å². The number of nitrogens with zero attached hydrogens (tertiary/aromatic N) is 2. The van der Waals surface area contributed by atoms with Crippen molar-refractivity contribution in [2.45, 2.75) is 25.2 Å². The molecule has 0 saturated heterocycles. The van der Waals surface area contributed by atoms with E-state index in [0.29, 0.717) is 21.8 Å². The topological polar surface area (TPSA) is 118 Å². The minimum atomic E-state index is -0.906. The number of carbonyl (C=O) groups is 1. The smallest absolute Gasteiger partial charge is 0.311 e. The van der Waals surface area contributed by atoms with Crippen molar-refractivity contribution in [2.24, 2.45) is 11.8 Å². The SMILES string of the molecule is CC1C=CC(Oc2nc3cc(-c4ccc(C5(C[N+](=O)[O-])CC5)cc4)c(Cl)cc3[nH]2)=CC1C(=O)O. The number of nitro groups is 1. The molecular weight excluding hydrogens is 458 g/mol. The number of allylic oxidation sites excluding steroid dienone is 2. The van der Waals surface area contributed by atoms with Crippen LogP contribution in [-0.2, 0) is 10.2 Å². The fourth-order valence-electron chi connectivity index (χ4n) is 4.44. The van der Waals surface area contributed by atoms with Gasteiger partial charge in [0.25, 0.3) is 6.01 Å². The predicted octanol–water partition coefficient (Wildman–Crippen LogP) is 5.36. The number of aromatic amines is 1. The monoisotopic (exact) mass is 479 g/mol. The predicted molar refractivity (Wildman–Crippen MR) is 127 cm³/mol. The molecule has 0 radical (unpaired) electrons. The maximum atomic E-state index is 11.4. The lowest BCUT2D eigenvalue weighted by Gasteiger charge is -2.18. The molecule has 2 aromatic carbocycles. The average Bonchev–Trinajstić information content (AvgIpc) is 3.46. The summed E-state index contributed by atoms with van der Waals surface area (Å²) in [5, 5.41) is 20.9. The summed E-state index contributed by atoms with van der Waals surface area (Å²) in [4.78, 5) is 29.8. The lowest BCUT2D eigenvalue weighted by Crippen LogP contribution is -2.21. The van der Waals surface area contributed by atoms with Crippen LogP contribution in [0.25, 0.3) is 22.2 Å². The summed E-state index contributed by atoms with van der Waals surface area (Å²) in [5.41, 5.74) is 3.64. The summed E-state index contributed by atoms with van der Waals surface area (Å²) in [6.07, 6.45) is 6.77. The quantitative estimate of drug-likeness (QED) is 0.348. The Morgan fingerprint density at radius 1 is 1.32 bits per heavy atom. The van der Waals surface area contributed by atoms with Crippen molar-refractivity contribution in [3.05, 3.63) is 81.1 Å². The summed E-state index contributed by atoms with van der Waals surface area (Å²) in [7, 11) is 0. The van der Waals surface area contributed by atoms with Crippen molar-refractivity contribution in [1.82, 2.24) is 9.97 Å². The van der Waals surface area contributed by atoms with Gasteiger partial charge in [0.05, 0.1) is 27.4 Å². The van der Waals surface area contributed by atoms with E-state index in [1.807, 2.05) is 37.3 Å². The highest BCUT2D eigenvalue weighted by Crippen LogP contribution is 2.48. The van der Waals surface area contributed by atoms with Gasteiger partial charge in [0.15, 0.2) is 0 Å². The summed E-state index contributed by atoms with van der Waals surface area (Å²) < 4.78 is 5.79. The number of hydrogen-bond acceptors (Lipinski definition) is 5. The number of hydrogen-bond donors (Lipinski definition) is 2. The second kappa shape index (κ2) is 8.29. The van der Waals surface area contributed by atoms with Crippen molar-refractivity contribution in [2.75, 3.05) is 6.54 Å². The summed E-state index contributed by atoms with van der Waals surface area (Å²) >= 11 is 6.55. The highest BCUT2D eigenvalue weighted by molar-refractivity contribution is 6.34. The van der Waals surface area contributed by atoms with Crippen LogP contribution in [0.4, 0.5) is 0 Å². The van der Waals surface area contributed by atoms with E-state index in [2.05, 4.69) is 9.97 Å². The number of H-pyrrole nitrogens is 1. The van der Waals surface area contributed by atoms with Crippen LogP contribution in [0.15, 0.2) is 60.4 Å². The van der Waals surface area contributed by atoms with Crippen molar-refractivity contribution >= 4 is 28.6 Å². The van der Waals surface area contributed by atoms with Crippen LogP contribution in [0.2, 0.25) is 5.02 Å². The molecule has 2 aliphatic rings. The normalized spacial score (nSPS) is 20.7. The van der Waals surface area contributed by atoms with Gasteiger partial charge < -0.3 is 14.8 Å². The van der Waals surface area contributed by atoms with E-state index in [4.69, 9.17) is 16.3 Å². The van der Waals surface area contributed by atoms with Crippen LogP contribution in [0.1, 0.15) is 25.3 Å². The van der Waals surface area contributed by atoms with Crippen LogP contribution in [0.5, 0.6) is 6.01 Å². The van der Waals surface area contributed by atoms with E-state index in [9.17, 15) is 20.0 Å². The number of aromatic nitrogens is 2. The molecule has 1 saturated carbocycles. The molecule has 2 N–H and O–H groups in total. The Kier molecular flexibility index (Phi) is 5.40. The van der Waals surface area contributed by atoms with Crippen LogP contribution in [0, 0.1) is 22.0 Å². The van der Waals surface area contributed by atoms with Gasteiger partial charge in [-0.3, -0.25) is 14.9 Å². The van der Waals surface area contributed by atoms with E-state index in [1.54, 1.807) is 24.3 Å². The highest BCUT2D eigenvalue weighted by Gasteiger charge is 2.48. The number of halogens is 1. The third-order valence-electron chi connectivity index (χ3n) is 6.62. The summed E-state index contributed by atoms with van der Waals surface area (Å²) in [6.45, 7) is 1.79. The minimum absolute atomic E-state index is 0.0488. The van der Waals surface area contributed by atoms with Gasteiger partial charge in [-0.25, -0.2) is 0 Å². The van der Waals surface area contributed by atoms with Gasteiger partial charge in [-0.2, -0.15) is 4.98 Å². The first-order chi connectivity index (χ1) is 16.2. The number of nitrogens with one attached hydrogen (secondary N) is 1. The van der Waals surface area contributed by atoms with Gasteiger partial charge in [0.2, 0.25) is 6.54 Å².